The molecule has 1 N–H and O–H groups in total. The fourth-order valence-corrected chi connectivity index (χ4v) is 4.12. The predicted molar refractivity (Wildman–Crippen MR) is 134 cm³/mol. The van der Waals surface area contributed by atoms with Crippen LogP contribution < -0.4 is 10.1 Å². The number of ether oxygens (including phenoxy) is 3. The van der Waals surface area contributed by atoms with Gasteiger partial charge in [0.15, 0.2) is 0 Å². The van der Waals surface area contributed by atoms with Crippen molar-refractivity contribution in [1.82, 2.24) is 14.8 Å². The van der Waals surface area contributed by atoms with E-state index in [2.05, 4.69) is 10.3 Å². The fraction of sp³-hybridized carbons (Fsp3) is 0.462. The van der Waals surface area contributed by atoms with E-state index in [4.69, 9.17) is 14.2 Å². The molecule has 0 saturated heterocycles. The van der Waals surface area contributed by atoms with Crippen LogP contribution in [0.25, 0.3) is 0 Å². The summed E-state index contributed by atoms with van der Waals surface area (Å²) in [6.07, 6.45) is 2.88. The minimum Gasteiger partial charge on any atom is -0.491 e. The molecule has 0 spiro atoms. The normalized spacial score (nSPS) is 21.0. The van der Waals surface area contributed by atoms with Crippen molar-refractivity contribution in [3.05, 3.63) is 53.9 Å². The van der Waals surface area contributed by atoms with E-state index >= 15 is 0 Å². The summed E-state index contributed by atoms with van der Waals surface area (Å²) in [6.45, 7) is 4.68. The largest absolute Gasteiger partial charge is 0.491 e. The summed E-state index contributed by atoms with van der Waals surface area (Å²) in [7, 11) is 4.74. The zero-order chi connectivity index (χ0) is 26.2. The maximum Gasteiger partial charge on any atom is 0.257 e. The summed E-state index contributed by atoms with van der Waals surface area (Å²) < 4.78 is 16.7. The van der Waals surface area contributed by atoms with Gasteiger partial charge in [0.25, 0.3) is 11.8 Å². The Balaban J connectivity index is 1.97. The van der Waals surface area contributed by atoms with Crippen molar-refractivity contribution in [3.8, 4) is 5.75 Å². The van der Waals surface area contributed by atoms with Gasteiger partial charge in [-0.05, 0) is 31.2 Å². The number of likely N-dealkylation sites (N-methyl/N-ethyl adjacent to an activating group) is 1. The first-order valence-corrected chi connectivity index (χ1v) is 11.8. The van der Waals surface area contributed by atoms with Crippen molar-refractivity contribution < 1.29 is 28.6 Å². The van der Waals surface area contributed by atoms with E-state index in [1.807, 2.05) is 13.8 Å². The molecule has 3 atom stereocenters. The number of hydrogen-bond donors (Lipinski definition) is 1. The number of rotatable bonds is 5. The molecule has 1 aromatic carbocycles. The van der Waals surface area contributed by atoms with Gasteiger partial charge in [0.05, 0.1) is 17.7 Å². The summed E-state index contributed by atoms with van der Waals surface area (Å²) in [6, 6.07) is 7.92. The van der Waals surface area contributed by atoms with Crippen LogP contribution in [-0.2, 0) is 14.3 Å². The summed E-state index contributed by atoms with van der Waals surface area (Å²) in [5, 5.41) is 2.73. The number of carbonyl (C=O) groups is 3. The fourth-order valence-electron chi connectivity index (χ4n) is 4.12. The zero-order valence-corrected chi connectivity index (χ0v) is 21.4. The highest BCUT2D eigenvalue weighted by Crippen LogP contribution is 2.27. The number of aromatic nitrogens is 1. The standard InChI is InChI=1S/C26H34N4O6/c1-17-13-30(25(32)19-8-10-27-11-9-19)18(2)15-36-22-12-20(28-24(31)16-34-4)6-7-21(22)26(33)29(3)14-23(17)35-5/h6-12,17-18,23H,13-16H2,1-5H3,(H,28,31)/t17-,18+,23+/m1/s1. The van der Waals surface area contributed by atoms with Gasteiger partial charge >= 0.3 is 0 Å². The number of methoxy groups -OCH3 is 2. The van der Waals surface area contributed by atoms with E-state index in [0.29, 0.717) is 35.7 Å². The predicted octanol–water partition coefficient (Wildman–Crippen LogP) is 2.31. The average molecular weight is 499 g/mol. The van der Waals surface area contributed by atoms with E-state index in [1.165, 1.54) is 7.11 Å². The Hall–Kier alpha value is -3.50. The van der Waals surface area contributed by atoms with Gasteiger partial charge in [0.2, 0.25) is 5.91 Å². The number of anilines is 1. The summed E-state index contributed by atoms with van der Waals surface area (Å²) >= 11 is 0. The van der Waals surface area contributed by atoms with E-state index in [9.17, 15) is 14.4 Å². The number of nitrogens with one attached hydrogen (secondary N) is 1. The maximum absolute atomic E-state index is 13.4. The third kappa shape index (κ3) is 6.58. The van der Waals surface area contributed by atoms with Crippen LogP contribution in [0.4, 0.5) is 5.69 Å². The Morgan fingerprint density at radius 1 is 1.14 bits per heavy atom. The molecule has 0 aliphatic carbocycles. The Morgan fingerprint density at radius 2 is 1.86 bits per heavy atom. The smallest absolute Gasteiger partial charge is 0.257 e. The lowest BCUT2D eigenvalue weighted by Gasteiger charge is -2.36. The minimum atomic E-state index is -0.325. The van der Waals surface area contributed by atoms with Crippen LogP contribution in [0.5, 0.6) is 5.75 Å². The van der Waals surface area contributed by atoms with Crippen molar-refractivity contribution in [2.45, 2.75) is 26.0 Å². The zero-order valence-electron chi connectivity index (χ0n) is 21.4. The number of amides is 3. The van der Waals surface area contributed by atoms with Gasteiger partial charge in [-0.15, -0.1) is 0 Å². The molecule has 10 heteroatoms. The molecule has 0 radical (unpaired) electrons. The van der Waals surface area contributed by atoms with Crippen LogP contribution in [0, 0.1) is 5.92 Å². The highest BCUT2D eigenvalue weighted by molar-refractivity contribution is 5.98. The van der Waals surface area contributed by atoms with Crippen molar-refractivity contribution >= 4 is 23.4 Å². The van der Waals surface area contributed by atoms with E-state index in [1.54, 1.807) is 66.7 Å². The van der Waals surface area contributed by atoms with Gasteiger partial charge in [-0.3, -0.25) is 19.4 Å². The highest BCUT2D eigenvalue weighted by atomic mass is 16.5. The number of carbonyl (C=O) groups excluding carboxylic acids is 3. The first-order chi connectivity index (χ1) is 17.2. The van der Waals surface area contributed by atoms with Crippen LogP contribution in [-0.4, -0.2) is 92.2 Å². The second kappa shape index (κ2) is 12.5. The SMILES string of the molecule is COCC(=O)Nc1ccc2c(c1)OC[C@H](C)N(C(=O)c1ccncc1)C[C@@H](C)[C@@H](OC)CN(C)C2=O. The van der Waals surface area contributed by atoms with E-state index in [-0.39, 0.29) is 49.0 Å². The lowest BCUT2D eigenvalue weighted by atomic mass is 10.0. The Morgan fingerprint density at radius 3 is 2.53 bits per heavy atom. The molecule has 1 aliphatic rings. The van der Waals surface area contributed by atoms with Gasteiger partial charge in [-0.25, -0.2) is 0 Å². The molecule has 0 fully saturated rings. The minimum absolute atomic E-state index is 0.0595. The number of pyridine rings is 1. The van der Waals surface area contributed by atoms with Gasteiger partial charge in [-0.1, -0.05) is 6.92 Å². The quantitative estimate of drug-likeness (QED) is 0.674. The first-order valence-electron chi connectivity index (χ1n) is 11.8. The summed E-state index contributed by atoms with van der Waals surface area (Å²) in [5.74, 6) is -0.443. The lowest BCUT2D eigenvalue weighted by molar-refractivity contribution is -0.119. The molecule has 1 aliphatic heterocycles. The average Bonchev–Trinajstić information content (AvgIpc) is 2.88. The van der Waals surface area contributed by atoms with Gasteiger partial charge < -0.3 is 29.3 Å². The first kappa shape index (κ1) is 27.1. The molecule has 0 saturated carbocycles. The van der Waals surface area contributed by atoms with Gasteiger partial charge in [0.1, 0.15) is 19.0 Å². The second-order valence-corrected chi connectivity index (χ2v) is 8.98. The Labute approximate surface area is 211 Å². The molecule has 36 heavy (non-hydrogen) atoms. The Kier molecular flexibility index (Phi) is 9.38. The molecule has 0 bridgehead atoms. The molecule has 1 aromatic heterocycles. The molecule has 194 valence electrons. The molecule has 3 amide bonds. The van der Waals surface area contributed by atoms with Crippen molar-refractivity contribution in [2.24, 2.45) is 5.92 Å². The number of nitrogens with zero attached hydrogens (tertiary/aromatic N) is 3. The maximum atomic E-state index is 13.4. The van der Waals surface area contributed by atoms with Crippen LogP contribution >= 0.6 is 0 Å². The topological polar surface area (TPSA) is 110 Å². The summed E-state index contributed by atoms with van der Waals surface area (Å²) in [5.41, 5.74) is 1.35. The van der Waals surface area contributed by atoms with Crippen LogP contribution in [0.2, 0.25) is 0 Å². The van der Waals surface area contributed by atoms with E-state index in [0.717, 1.165) is 0 Å². The van der Waals surface area contributed by atoms with Crippen molar-refractivity contribution in [2.75, 3.05) is 52.9 Å². The second-order valence-electron chi connectivity index (χ2n) is 8.98. The Bertz CT molecular complexity index is 1060. The van der Waals surface area contributed by atoms with E-state index < -0.39 is 0 Å². The van der Waals surface area contributed by atoms with Crippen LogP contribution in [0.15, 0.2) is 42.7 Å². The third-order valence-corrected chi connectivity index (χ3v) is 6.19. The van der Waals surface area contributed by atoms with Crippen molar-refractivity contribution in [3.63, 3.8) is 0 Å². The third-order valence-electron chi connectivity index (χ3n) is 6.19. The van der Waals surface area contributed by atoms with Gasteiger partial charge in [-0.2, -0.15) is 0 Å². The molecule has 2 aromatic rings. The molecule has 2 heterocycles. The number of hydrogen-bond acceptors (Lipinski definition) is 7. The summed E-state index contributed by atoms with van der Waals surface area (Å²) in [4.78, 5) is 46.1. The molecular weight excluding hydrogens is 464 g/mol. The van der Waals surface area contributed by atoms with Crippen LogP contribution in [0.1, 0.15) is 34.6 Å². The molecular formula is C26H34N4O6. The number of benzene rings is 1. The molecule has 10 nitrogen and oxygen atoms in total. The molecule has 3 rings (SSSR count). The van der Waals surface area contributed by atoms with Crippen LogP contribution in [0.3, 0.4) is 0 Å². The van der Waals surface area contributed by atoms with Gasteiger partial charge in [0, 0.05) is 70.0 Å². The monoisotopic (exact) mass is 498 g/mol. The van der Waals surface area contributed by atoms with Crippen molar-refractivity contribution in [1.29, 1.82) is 0 Å². The lowest BCUT2D eigenvalue weighted by Crippen LogP contribution is -2.48. The highest BCUT2D eigenvalue weighted by Gasteiger charge is 2.30. The number of fused-ring (bicyclic) bond motifs is 1. The molecule has 0 unspecified atom stereocenters.